The van der Waals surface area contributed by atoms with Gasteiger partial charge in [-0.1, -0.05) is 30.3 Å². The molecule has 0 saturated carbocycles. The molecule has 0 amide bonds. The first kappa shape index (κ1) is 19.8. The minimum absolute atomic E-state index is 0.135. The van der Waals surface area contributed by atoms with Crippen molar-refractivity contribution in [1.29, 1.82) is 0 Å². The quantitative estimate of drug-likeness (QED) is 0.786. The van der Waals surface area contributed by atoms with Gasteiger partial charge in [0, 0.05) is 25.2 Å². The van der Waals surface area contributed by atoms with Gasteiger partial charge in [0.1, 0.15) is 5.75 Å². The maximum atomic E-state index is 12.8. The minimum Gasteiger partial charge on any atom is -0.496 e. The molecule has 1 fully saturated rings. The maximum Gasteiger partial charge on any atom is 0.240 e. The Balaban J connectivity index is 1.85. The average Bonchev–Trinajstić information content (AvgIpc) is 2.69. The number of methoxy groups -OCH3 is 1. The number of nitrogens with one attached hydrogen (secondary N) is 1. The Morgan fingerprint density at radius 2 is 1.89 bits per heavy atom. The van der Waals surface area contributed by atoms with Crippen molar-refractivity contribution in [3.05, 3.63) is 59.7 Å². The van der Waals surface area contributed by atoms with Gasteiger partial charge in [-0.3, -0.25) is 4.90 Å². The van der Waals surface area contributed by atoms with Crippen LogP contribution in [0.25, 0.3) is 0 Å². The molecule has 1 N–H and O–H groups in total. The van der Waals surface area contributed by atoms with Crippen LogP contribution in [0.1, 0.15) is 17.2 Å². The number of benzene rings is 2. The third kappa shape index (κ3) is 4.87. The van der Waals surface area contributed by atoms with Crippen LogP contribution >= 0.6 is 0 Å². The maximum absolute atomic E-state index is 12.8. The lowest BCUT2D eigenvalue weighted by Gasteiger charge is -2.35. The van der Waals surface area contributed by atoms with Crippen LogP contribution in [0.15, 0.2) is 53.4 Å². The largest absolute Gasteiger partial charge is 0.496 e. The molecule has 1 heterocycles. The first-order valence-corrected chi connectivity index (χ1v) is 10.5. The summed E-state index contributed by atoms with van der Waals surface area (Å²) in [6.45, 7) is 4.90. The molecule has 2 aromatic carbocycles. The van der Waals surface area contributed by atoms with E-state index in [4.69, 9.17) is 9.47 Å². The van der Waals surface area contributed by atoms with Crippen LogP contribution in [-0.4, -0.2) is 53.3 Å². The van der Waals surface area contributed by atoms with Crippen molar-refractivity contribution in [3.8, 4) is 5.75 Å². The summed E-state index contributed by atoms with van der Waals surface area (Å²) in [6.07, 6.45) is 0. The van der Waals surface area contributed by atoms with Crippen molar-refractivity contribution < 1.29 is 17.9 Å². The summed E-state index contributed by atoms with van der Waals surface area (Å²) in [6, 6.07) is 14.5. The Kier molecular flexibility index (Phi) is 6.49. The molecule has 0 spiro atoms. The minimum atomic E-state index is -3.59. The molecule has 1 unspecified atom stereocenters. The van der Waals surface area contributed by atoms with Crippen LogP contribution in [0.4, 0.5) is 0 Å². The van der Waals surface area contributed by atoms with Gasteiger partial charge < -0.3 is 9.47 Å². The molecule has 146 valence electrons. The van der Waals surface area contributed by atoms with E-state index >= 15 is 0 Å². The summed E-state index contributed by atoms with van der Waals surface area (Å²) in [5.41, 5.74) is 1.88. The van der Waals surface area contributed by atoms with Gasteiger partial charge in [0.2, 0.25) is 10.0 Å². The van der Waals surface area contributed by atoms with Crippen LogP contribution in [0.2, 0.25) is 0 Å². The zero-order valence-corrected chi connectivity index (χ0v) is 16.5. The zero-order chi connectivity index (χ0) is 19.3. The van der Waals surface area contributed by atoms with E-state index in [2.05, 4.69) is 9.62 Å². The summed E-state index contributed by atoms with van der Waals surface area (Å²) in [4.78, 5) is 2.52. The molecule has 27 heavy (non-hydrogen) atoms. The SMILES string of the molecule is COc1ccccc1C(CNS(=O)(=O)c1cccc(C)c1)N1CCOCC1. The van der Waals surface area contributed by atoms with Gasteiger partial charge in [0.05, 0.1) is 31.3 Å². The summed E-state index contributed by atoms with van der Waals surface area (Å²) in [5.74, 6) is 0.753. The summed E-state index contributed by atoms with van der Waals surface area (Å²) in [5, 5.41) is 0. The van der Waals surface area contributed by atoms with E-state index in [9.17, 15) is 8.42 Å². The molecular weight excluding hydrogens is 364 g/mol. The van der Waals surface area contributed by atoms with Crippen molar-refractivity contribution in [2.75, 3.05) is 40.0 Å². The molecule has 0 aromatic heterocycles. The van der Waals surface area contributed by atoms with Gasteiger partial charge in [-0.2, -0.15) is 0 Å². The normalized spacial score (nSPS) is 16.8. The predicted octanol–water partition coefficient (Wildman–Crippen LogP) is 2.36. The number of sulfonamides is 1. The highest BCUT2D eigenvalue weighted by molar-refractivity contribution is 7.89. The fraction of sp³-hybridized carbons (Fsp3) is 0.400. The van der Waals surface area contributed by atoms with E-state index in [0.717, 1.165) is 30.0 Å². The number of nitrogens with zero attached hydrogens (tertiary/aromatic N) is 1. The Hall–Kier alpha value is -1.93. The molecule has 3 rings (SSSR count). The summed E-state index contributed by atoms with van der Waals surface area (Å²) >= 11 is 0. The Morgan fingerprint density at radius 3 is 2.59 bits per heavy atom. The fourth-order valence-corrected chi connectivity index (χ4v) is 4.46. The summed E-state index contributed by atoms with van der Waals surface area (Å²) < 4.78 is 39.3. The van der Waals surface area contributed by atoms with Crippen LogP contribution in [-0.2, 0) is 14.8 Å². The third-order valence-corrected chi connectivity index (χ3v) is 6.17. The highest BCUT2D eigenvalue weighted by atomic mass is 32.2. The van der Waals surface area contributed by atoms with Gasteiger partial charge in [0.25, 0.3) is 0 Å². The van der Waals surface area contributed by atoms with Crippen molar-refractivity contribution in [1.82, 2.24) is 9.62 Å². The number of morpholine rings is 1. The molecule has 0 radical (unpaired) electrons. The predicted molar refractivity (Wildman–Crippen MR) is 104 cm³/mol. The summed E-state index contributed by atoms with van der Waals surface area (Å²) in [7, 11) is -1.96. The number of hydrogen-bond donors (Lipinski definition) is 1. The van der Waals surface area contributed by atoms with Gasteiger partial charge in [-0.05, 0) is 30.7 Å². The fourth-order valence-electron chi connectivity index (χ4n) is 3.32. The van der Waals surface area contributed by atoms with Crippen molar-refractivity contribution in [2.45, 2.75) is 17.9 Å². The van der Waals surface area contributed by atoms with Crippen molar-refractivity contribution >= 4 is 10.0 Å². The average molecular weight is 391 g/mol. The lowest BCUT2D eigenvalue weighted by Crippen LogP contribution is -2.43. The molecule has 0 bridgehead atoms. The number of para-hydroxylation sites is 1. The van der Waals surface area contributed by atoms with Crippen molar-refractivity contribution in [3.63, 3.8) is 0 Å². The third-order valence-electron chi connectivity index (χ3n) is 4.75. The zero-order valence-electron chi connectivity index (χ0n) is 15.7. The van der Waals surface area contributed by atoms with E-state index in [1.807, 2.05) is 37.3 Å². The molecule has 7 heteroatoms. The second-order valence-electron chi connectivity index (χ2n) is 6.57. The van der Waals surface area contributed by atoms with Crippen LogP contribution in [0.5, 0.6) is 5.75 Å². The van der Waals surface area contributed by atoms with E-state index in [-0.39, 0.29) is 17.5 Å². The molecule has 6 nitrogen and oxygen atoms in total. The second kappa shape index (κ2) is 8.84. The van der Waals surface area contributed by atoms with Gasteiger partial charge in [0.15, 0.2) is 0 Å². The van der Waals surface area contributed by atoms with E-state index in [0.29, 0.717) is 13.2 Å². The standard InChI is InChI=1S/C20H26N2O4S/c1-16-6-5-7-17(14-16)27(23,24)21-15-19(22-10-12-26-13-11-22)18-8-3-4-9-20(18)25-2/h3-9,14,19,21H,10-13,15H2,1-2H3. The number of ether oxygens (including phenoxy) is 2. The van der Waals surface area contributed by atoms with E-state index in [1.165, 1.54) is 0 Å². The molecule has 1 atom stereocenters. The van der Waals surface area contributed by atoms with Crippen LogP contribution in [0.3, 0.4) is 0 Å². The second-order valence-corrected chi connectivity index (χ2v) is 8.34. The highest BCUT2D eigenvalue weighted by Gasteiger charge is 2.27. The molecule has 1 saturated heterocycles. The van der Waals surface area contributed by atoms with E-state index in [1.54, 1.807) is 25.3 Å². The number of rotatable bonds is 7. The number of aryl methyl sites for hydroxylation is 1. The molecule has 2 aromatic rings. The molecule has 1 aliphatic heterocycles. The Morgan fingerprint density at radius 1 is 1.15 bits per heavy atom. The molecule has 0 aliphatic carbocycles. The first-order valence-electron chi connectivity index (χ1n) is 9.02. The van der Waals surface area contributed by atoms with Gasteiger partial charge in [-0.15, -0.1) is 0 Å². The van der Waals surface area contributed by atoms with Crippen LogP contribution < -0.4 is 9.46 Å². The van der Waals surface area contributed by atoms with Crippen molar-refractivity contribution in [2.24, 2.45) is 0 Å². The number of hydrogen-bond acceptors (Lipinski definition) is 5. The van der Waals surface area contributed by atoms with E-state index < -0.39 is 10.0 Å². The van der Waals surface area contributed by atoms with Gasteiger partial charge in [-0.25, -0.2) is 13.1 Å². The first-order chi connectivity index (χ1) is 13.0. The van der Waals surface area contributed by atoms with Gasteiger partial charge >= 0.3 is 0 Å². The van der Waals surface area contributed by atoms with Crippen LogP contribution in [0, 0.1) is 6.92 Å². The Bertz CT molecular complexity index is 864. The molecular formula is C20H26N2O4S. The Labute approximate surface area is 161 Å². The lowest BCUT2D eigenvalue weighted by molar-refractivity contribution is 0.0167. The molecule has 1 aliphatic rings. The lowest BCUT2D eigenvalue weighted by atomic mass is 10.0. The smallest absolute Gasteiger partial charge is 0.240 e. The monoisotopic (exact) mass is 390 g/mol. The highest BCUT2D eigenvalue weighted by Crippen LogP contribution is 2.30. The topological polar surface area (TPSA) is 67.9 Å².